The van der Waals surface area contributed by atoms with Crippen LogP contribution in [0.4, 0.5) is 4.39 Å². The van der Waals surface area contributed by atoms with Crippen LogP contribution < -0.4 is 10.1 Å². The number of halogens is 1. The summed E-state index contributed by atoms with van der Waals surface area (Å²) in [5, 5.41) is 3.29. The highest BCUT2D eigenvalue weighted by molar-refractivity contribution is 5.39. The molecule has 1 aliphatic heterocycles. The van der Waals surface area contributed by atoms with E-state index in [9.17, 15) is 4.39 Å². The van der Waals surface area contributed by atoms with Crippen LogP contribution in [0.3, 0.4) is 0 Å². The van der Waals surface area contributed by atoms with Gasteiger partial charge in [-0.2, -0.15) is 0 Å². The van der Waals surface area contributed by atoms with Gasteiger partial charge >= 0.3 is 0 Å². The molecule has 0 unspecified atom stereocenters. The van der Waals surface area contributed by atoms with Gasteiger partial charge < -0.3 is 10.1 Å². The second-order valence-corrected chi connectivity index (χ2v) is 4.32. The number of nitrogens with one attached hydrogen (secondary N) is 1. The predicted molar refractivity (Wildman–Crippen MR) is 70.3 cm³/mol. The Hall–Kier alpha value is -1.39. The van der Waals surface area contributed by atoms with Crippen molar-refractivity contribution in [1.29, 1.82) is 0 Å². The van der Waals surface area contributed by atoms with E-state index in [1.165, 1.54) is 6.07 Å². The van der Waals surface area contributed by atoms with Crippen LogP contribution in [-0.2, 0) is 0 Å². The molecule has 0 amide bonds. The average Bonchev–Trinajstić information content (AvgIpc) is 2.42. The van der Waals surface area contributed by atoms with Crippen molar-refractivity contribution in [3.8, 4) is 5.75 Å². The second-order valence-electron chi connectivity index (χ2n) is 4.32. The monoisotopic (exact) mass is 250 g/mol. The number of methoxy groups -OCH3 is 1. The summed E-state index contributed by atoms with van der Waals surface area (Å²) in [7, 11) is 1.57. The van der Waals surface area contributed by atoms with Crippen LogP contribution in [-0.4, -0.2) is 38.2 Å². The van der Waals surface area contributed by atoms with Gasteiger partial charge in [0.05, 0.1) is 18.7 Å². The Balaban J connectivity index is 2.34. The van der Waals surface area contributed by atoms with Gasteiger partial charge in [-0.25, -0.2) is 4.39 Å². The highest BCUT2D eigenvalue weighted by Gasteiger charge is 2.24. The molecule has 1 aromatic carbocycles. The van der Waals surface area contributed by atoms with Gasteiger partial charge in [0.2, 0.25) is 0 Å². The van der Waals surface area contributed by atoms with Gasteiger partial charge in [-0.15, -0.1) is 6.58 Å². The fourth-order valence-corrected chi connectivity index (χ4v) is 2.39. The maximum absolute atomic E-state index is 14.1. The molecule has 1 fully saturated rings. The average molecular weight is 250 g/mol. The number of hydrogen-bond acceptors (Lipinski definition) is 3. The molecule has 1 aliphatic rings. The molecule has 1 atom stereocenters. The lowest BCUT2D eigenvalue weighted by Crippen LogP contribution is -2.44. The Morgan fingerprint density at radius 1 is 1.44 bits per heavy atom. The maximum atomic E-state index is 14.1. The first-order valence-electron chi connectivity index (χ1n) is 6.17. The van der Waals surface area contributed by atoms with E-state index < -0.39 is 0 Å². The molecule has 0 saturated carbocycles. The van der Waals surface area contributed by atoms with E-state index in [4.69, 9.17) is 4.74 Å². The fraction of sp³-hybridized carbons (Fsp3) is 0.429. The highest BCUT2D eigenvalue weighted by Crippen LogP contribution is 2.32. The molecule has 1 aromatic rings. The van der Waals surface area contributed by atoms with Crippen molar-refractivity contribution >= 4 is 0 Å². The molecular formula is C14H19FN2O. The predicted octanol–water partition coefficient (Wildman–Crippen LogP) is 1.97. The van der Waals surface area contributed by atoms with Gasteiger partial charge in [0.1, 0.15) is 11.6 Å². The van der Waals surface area contributed by atoms with E-state index in [2.05, 4.69) is 16.8 Å². The third-order valence-electron chi connectivity index (χ3n) is 3.30. The lowest BCUT2D eigenvalue weighted by Gasteiger charge is -2.34. The van der Waals surface area contributed by atoms with Gasteiger partial charge in [-0.3, -0.25) is 4.90 Å². The summed E-state index contributed by atoms with van der Waals surface area (Å²) in [5.74, 6) is 0.344. The molecular weight excluding hydrogens is 231 g/mol. The van der Waals surface area contributed by atoms with Gasteiger partial charge in [-0.05, 0) is 12.1 Å². The van der Waals surface area contributed by atoms with Crippen LogP contribution in [0.25, 0.3) is 0 Å². The summed E-state index contributed by atoms with van der Waals surface area (Å²) < 4.78 is 19.3. The molecule has 0 radical (unpaired) electrons. The lowest BCUT2D eigenvalue weighted by atomic mass is 10.0. The number of rotatable bonds is 4. The first kappa shape index (κ1) is 13.1. The van der Waals surface area contributed by atoms with Crippen molar-refractivity contribution in [3.05, 3.63) is 42.2 Å². The van der Waals surface area contributed by atoms with Crippen LogP contribution in [0.5, 0.6) is 5.75 Å². The summed E-state index contributed by atoms with van der Waals surface area (Å²) in [6, 6.07) is 4.78. The van der Waals surface area contributed by atoms with Crippen molar-refractivity contribution in [1.82, 2.24) is 10.2 Å². The highest BCUT2D eigenvalue weighted by atomic mass is 19.1. The molecule has 4 heteroatoms. The zero-order valence-corrected chi connectivity index (χ0v) is 10.7. The topological polar surface area (TPSA) is 24.5 Å². The van der Waals surface area contributed by atoms with Crippen molar-refractivity contribution in [2.75, 3.05) is 33.3 Å². The molecule has 1 heterocycles. The van der Waals surface area contributed by atoms with E-state index in [1.807, 2.05) is 0 Å². The minimum Gasteiger partial charge on any atom is -0.496 e. The molecule has 18 heavy (non-hydrogen) atoms. The molecule has 98 valence electrons. The third kappa shape index (κ3) is 2.54. The molecule has 0 bridgehead atoms. The summed E-state index contributed by atoms with van der Waals surface area (Å²) in [5.41, 5.74) is 0.580. The molecule has 1 N–H and O–H groups in total. The largest absolute Gasteiger partial charge is 0.496 e. The van der Waals surface area contributed by atoms with Crippen molar-refractivity contribution in [2.24, 2.45) is 0 Å². The number of hydrogen-bond donors (Lipinski definition) is 1. The molecule has 1 saturated heterocycles. The van der Waals surface area contributed by atoms with Gasteiger partial charge in [0.25, 0.3) is 0 Å². The van der Waals surface area contributed by atoms with Crippen LogP contribution in [0.2, 0.25) is 0 Å². The van der Waals surface area contributed by atoms with E-state index in [0.29, 0.717) is 11.3 Å². The summed E-state index contributed by atoms with van der Waals surface area (Å²) in [6.45, 7) is 7.45. The Labute approximate surface area is 107 Å². The quantitative estimate of drug-likeness (QED) is 0.827. The number of nitrogens with zero attached hydrogens (tertiary/aromatic N) is 1. The Morgan fingerprint density at radius 2 is 2.17 bits per heavy atom. The summed E-state index contributed by atoms with van der Waals surface area (Å²) in [6.07, 6.45) is 1.78. The number of benzene rings is 1. The number of ether oxygens (including phenoxy) is 1. The van der Waals surface area contributed by atoms with Gasteiger partial charge in [0.15, 0.2) is 0 Å². The second kappa shape index (κ2) is 5.98. The fourth-order valence-electron chi connectivity index (χ4n) is 2.39. The summed E-state index contributed by atoms with van der Waals surface area (Å²) >= 11 is 0. The molecule has 0 aliphatic carbocycles. The van der Waals surface area contributed by atoms with E-state index >= 15 is 0 Å². The standard InChI is InChI=1S/C14H19FN2O/c1-3-12(17-9-7-16-8-10-17)14-11(15)5-4-6-13(14)18-2/h3-6,12,16H,1,7-10H2,2H3/t12-/m0/s1. The summed E-state index contributed by atoms with van der Waals surface area (Å²) in [4.78, 5) is 2.21. The third-order valence-corrected chi connectivity index (χ3v) is 3.30. The Kier molecular flexibility index (Phi) is 4.33. The lowest BCUT2D eigenvalue weighted by molar-refractivity contribution is 0.197. The molecule has 0 aromatic heterocycles. The maximum Gasteiger partial charge on any atom is 0.132 e. The zero-order valence-electron chi connectivity index (χ0n) is 10.7. The smallest absolute Gasteiger partial charge is 0.132 e. The van der Waals surface area contributed by atoms with E-state index in [-0.39, 0.29) is 11.9 Å². The van der Waals surface area contributed by atoms with Crippen molar-refractivity contribution in [2.45, 2.75) is 6.04 Å². The van der Waals surface area contributed by atoms with Crippen LogP contribution in [0.15, 0.2) is 30.9 Å². The van der Waals surface area contributed by atoms with Crippen molar-refractivity contribution < 1.29 is 9.13 Å². The minimum absolute atomic E-state index is 0.136. The molecule has 0 spiro atoms. The van der Waals surface area contributed by atoms with Crippen LogP contribution in [0.1, 0.15) is 11.6 Å². The molecule has 3 nitrogen and oxygen atoms in total. The Morgan fingerprint density at radius 3 is 2.78 bits per heavy atom. The van der Waals surface area contributed by atoms with Crippen LogP contribution >= 0.6 is 0 Å². The Bertz CT molecular complexity index is 416. The minimum atomic E-state index is -0.238. The van der Waals surface area contributed by atoms with Crippen molar-refractivity contribution in [3.63, 3.8) is 0 Å². The van der Waals surface area contributed by atoms with E-state index in [0.717, 1.165) is 26.2 Å². The van der Waals surface area contributed by atoms with Crippen LogP contribution in [0, 0.1) is 5.82 Å². The SMILES string of the molecule is C=C[C@@H](c1c(F)cccc1OC)N1CCNCC1. The van der Waals surface area contributed by atoms with E-state index in [1.54, 1.807) is 25.3 Å². The first-order valence-corrected chi connectivity index (χ1v) is 6.17. The van der Waals surface area contributed by atoms with Gasteiger partial charge in [-0.1, -0.05) is 12.1 Å². The number of piperazine rings is 1. The normalized spacial score (nSPS) is 18.3. The zero-order chi connectivity index (χ0) is 13.0. The van der Waals surface area contributed by atoms with Gasteiger partial charge in [0, 0.05) is 26.2 Å². The first-order chi connectivity index (χ1) is 8.77. The molecule has 2 rings (SSSR count).